The van der Waals surface area contributed by atoms with E-state index < -0.39 is 0 Å². The molecular formula is C18H20N2O3S. The number of nitro groups is 1. The first-order valence-corrected chi connectivity index (χ1v) is 8.97. The van der Waals surface area contributed by atoms with Crippen LogP contribution in [0.2, 0.25) is 0 Å². The van der Waals surface area contributed by atoms with Gasteiger partial charge in [-0.05, 0) is 42.2 Å². The van der Waals surface area contributed by atoms with E-state index in [0.29, 0.717) is 17.2 Å². The Bertz CT molecular complexity index is 709. The number of rotatable bonds is 6. The highest BCUT2D eigenvalue weighted by Gasteiger charge is 2.27. The van der Waals surface area contributed by atoms with Crippen molar-refractivity contribution in [2.24, 2.45) is 5.92 Å². The maximum Gasteiger partial charge on any atom is 0.292 e. The van der Waals surface area contributed by atoms with Crippen molar-refractivity contribution in [3.8, 4) is 0 Å². The molecule has 1 atom stereocenters. The zero-order chi connectivity index (χ0) is 16.9. The van der Waals surface area contributed by atoms with E-state index in [2.05, 4.69) is 17.0 Å². The Labute approximate surface area is 145 Å². The summed E-state index contributed by atoms with van der Waals surface area (Å²) < 4.78 is 0. The Morgan fingerprint density at radius 2 is 2.04 bits per heavy atom. The van der Waals surface area contributed by atoms with Gasteiger partial charge in [-0.25, -0.2) is 0 Å². The van der Waals surface area contributed by atoms with Gasteiger partial charge in [0.25, 0.3) is 5.69 Å². The molecule has 0 radical (unpaired) electrons. The number of anilines is 1. The SMILES string of the molecule is O=[N+]([O-])c1ccc(CO)cc1N1CCC(CSc2ccccc2)C1. The molecule has 24 heavy (non-hydrogen) atoms. The van der Waals surface area contributed by atoms with E-state index in [1.807, 2.05) is 30.0 Å². The number of hydrogen-bond acceptors (Lipinski definition) is 5. The van der Waals surface area contributed by atoms with Crippen LogP contribution >= 0.6 is 11.8 Å². The van der Waals surface area contributed by atoms with Gasteiger partial charge in [-0.2, -0.15) is 0 Å². The lowest BCUT2D eigenvalue weighted by Crippen LogP contribution is -2.21. The van der Waals surface area contributed by atoms with Gasteiger partial charge in [-0.15, -0.1) is 11.8 Å². The molecule has 5 nitrogen and oxygen atoms in total. The molecule has 1 fully saturated rings. The van der Waals surface area contributed by atoms with Crippen molar-refractivity contribution in [2.45, 2.75) is 17.9 Å². The molecule has 1 heterocycles. The highest BCUT2D eigenvalue weighted by atomic mass is 32.2. The summed E-state index contributed by atoms with van der Waals surface area (Å²) in [6.07, 6.45) is 1.03. The van der Waals surface area contributed by atoms with Crippen molar-refractivity contribution in [1.82, 2.24) is 0 Å². The monoisotopic (exact) mass is 344 g/mol. The van der Waals surface area contributed by atoms with Crippen molar-refractivity contribution < 1.29 is 10.0 Å². The maximum atomic E-state index is 11.3. The van der Waals surface area contributed by atoms with Gasteiger partial charge in [-0.3, -0.25) is 10.1 Å². The molecule has 1 aliphatic rings. The van der Waals surface area contributed by atoms with Gasteiger partial charge in [0, 0.05) is 29.8 Å². The molecule has 1 unspecified atom stereocenters. The smallest absolute Gasteiger partial charge is 0.292 e. The van der Waals surface area contributed by atoms with E-state index in [4.69, 9.17) is 0 Å². The molecule has 0 aromatic heterocycles. The normalized spacial score (nSPS) is 17.2. The van der Waals surface area contributed by atoms with Gasteiger partial charge in [0.2, 0.25) is 0 Å². The molecule has 126 valence electrons. The van der Waals surface area contributed by atoms with Crippen molar-refractivity contribution in [3.63, 3.8) is 0 Å². The fraction of sp³-hybridized carbons (Fsp3) is 0.333. The van der Waals surface area contributed by atoms with Crippen LogP contribution in [0.25, 0.3) is 0 Å². The third-order valence-electron chi connectivity index (χ3n) is 4.27. The Morgan fingerprint density at radius 1 is 1.25 bits per heavy atom. The fourth-order valence-electron chi connectivity index (χ4n) is 2.99. The number of nitro benzene ring substituents is 1. The standard InChI is InChI=1S/C18H20N2O3S/c21-12-14-6-7-17(20(22)23)18(10-14)19-9-8-15(11-19)13-24-16-4-2-1-3-5-16/h1-7,10,15,21H,8-9,11-13H2. The average molecular weight is 344 g/mol. The third-order valence-corrected chi connectivity index (χ3v) is 5.52. The predicted octanol–water partition coefficient (Wildman–Crippen LogP) is 3.71. The van der Waals surface area contributed by atoms with E-state index in [1.54, 1.807) is 12.1 Å². The van der Waals surface area contributed by atoms with Crippen LogP contribution in [-0.2, 0) is 6.61 Å². The summed E-state index contributed by atoms with van der Waals surface area (Å²) in [6.45, 7) is 1.53. The first-order chi connectivity index (χ1) is 11.7. The molecule has 3 rings (SSSR count). The van der Waals surface area contributed by atoms with Gasteiger partial charge >= 0.3 is 0 Å². The minimum atomic E-state index is -0.345. The van der Waals surface area contributed by atoms with E-state index in [0.717, 1.165) is 25.3 Å². The molecule has 0 bridgehead atoms. The van der Waals surface area contributed by atoms with E-state index in [1.165, 1.54) is 11.0 Å². The first kappa shape index (κ1) is 16.8. The van der Waals surface area contributed by atoms with Crippen molar-refractivity contribution >= 4 is 23.1 Å². The van der Waals surface area contributed by atoms with Crippen LogP contribution < -0.4 is 4.90 Å². The average Bonchev–Trinajstić information content (AvgIpc) is 3.09. The molecule has 1 N–H and O–H groups in total. The van der Waals surface area contributed by atoms with Crippen LogP contribution in [0.4, 0.5) is 11.4 Å². The topological polar surface area (TPSA) is 66.6 Å². The number of benzene rings is 2. The number of hydrogen-bond donors (Lipinski definition) is 1. The molecular weight excluding hydrogens is 324 g/mol. The molecule has 0 amide bonds. The molecule has 6 heteroatoms. The predicted molar refractivity (Wildman–Crippen MR) is 96.5 cm³/mol. The first-order valence-electron chi connectivity index (χ1n) is 7.98. The molecule has 1 saturated heterocycles. The lowest BCUT2D eigenvalue weighted by molar-refractivity contribution is -0.384. The van der Waals surface area contributed by atoms with Gasteiger partial charge in [0.15, 0.2) is 0 Å². The highest BCUT2D eigenvalue weighted by Crippen LogP contribution is 2.34. The van der Waals surface area contributed by atoms with E-state index in [9.17, 15) is 15.2 Å². The zero-order valence-corrected chi connectivity index (χ0v) is 14.1. The third kappa shape index (κ3) is 3.88. The molecule has 1 aliphatic heterocycles. The lowest BCUT2D eigenvalue weighted by atomic mass is 10.1. The van der Waals surface area contributed by atoms with Gasteiger partial charge < -0.3 is 10.0 Å². The van der Waals surface area contributed by atoms with Crippen LogP contribution in [0.5, 0.6) is 0 Å². The second-order valence-electron chi connectivity index (χ2n) is 5.96. The van der Waals surface area contributed by atoms with Crippen LogP contribution in [-0.4, -0.2) is 28.9 Å². The Kier molecular flexibility index (Phi) is 5.37. The van der Waals surface area contributed by atoms with Crippen LogP contribution in [0, 0.1) is 16.0 Å². The quantitative estimate of drug-likeness (QED) is 0.492. The summed E-state index contributed by atoms with van der Waals surface area (Å²) in [5.74, 6) is 1.51. The second kappa shape index (κ2) is 7.68. The second-order valence-corrected chi connectivity index (χ2v) is 7.06. The van der Waals surface area contributed by atoms with Crippen LogP contribution in [0.3, 0.4) is 0 Å². The van der Waals surface area contributed by atoms with Crippen LogP contribution in [0.15, 0.2) is 53.4 Å². The largest absolute Gasteiger partial charge is 0.392 e. The number of thioether (sulfide) groups is 1. The Hall–Kier alpha value is -2.05. The summed E-state index contributed by atoms with van der Waals surface area (Å²) in [5, 5.41) is 20.6. The van der Waals surface area contributed by atoms with Gasteiger partial charge in [0.05, 0.1) is 11.5 Å². The fourth-order valence-corrected chi connectivity index (χ4v) is 4.04. The summed E-state index contributed by atoms with van der Waals surface area (Å²) in [7, 11) is 0. The van der Waals surface area contributed by atoms with E-state index in [-0.39, 0.29) is 17.2 Å². The minimum absolute atomic E-state index is 0.105. The number of nitrogens with zero attached hydrogens (tertiary/aromatic N) is 2. The highest BCUT2D eigenvalue weighted by molar-refractivity contribution is 7.99. The lowest BCUT2D eigenvalue weighted by Gasteiger charge is -2.19. The Morgan fingerprint density at radius 3 is 2.75 bits per heavy atom. The summed E-state index contributed by atoms with van der Waals surface area (Å²) in [4.78, 5) is 14.3. The summed E-state index contributed by atoms with van der Waals surface area (Å²) in [6, 6.07) is 15.1. The van der Waals surface area contributed by atoms with Gasteiger partial charge in [-0.1, -0.05) is 18.2 Å². The van der Waals surface area contributed by atoms with Crippen molar-refractivity contribution in [2.75, 3.05) is 23.7 Å². The van der Waals surface area contributed by atoms with Crippen molar-refractivity contribution in [3.05, 3.63) is 64.2 Å². The molecule has 0 aliphatic carbocycles. The molecule has 2 aromatic carbocycles. The van der Waals surface area contributed by atoms with Crippen molar-refractivity contribution in [1.29, 1.82) is 0 Å². The summed E-state index contributed by atoms with van der Waals surface area (Å²) >= 11 is 1.83. The van der Waals surface area contributed by atoms with Gasteiger partial charge in [0.1, 0.15) is 5.69 Å². The minimum Gasteiger partial charge on any atom is -0.392 e. The maximum absolute atomic E-state index is 11.3. The molecule has 0 spiro atoms. The van der Waals surface area contributed by atoms with Crippen LogP contribution in [0.1, 0.15) is 12.0 Å². The molecule has 2 aromatic rings. The van der Waals surface area contributed by atoms with E-state index >= 15 is 0 Å². The zero-order valence-electron chi connectivity index (χ0n) is 13.3. The Balaban J connectivity index is 1.68. The number of aliphatic hydroxyl groups is 1. The summed E-state index contributed by atoms with van der Waals surface area (Å²) in [5.41, 5.74) is 1.44. The molecule has 0 saturated carbocycles. The number of aliphatic hydroxyl groups excluding tert-OH is 1.